The van der Waals surface area contributed by atoms with Crippen molar-refractivity contribution in [3.05, 3.63) is 0 Å². The van der Waals surface area contributed by atoms with Gasteiger partial charge in [0.2, 0.25) is 5.78 Å². The number of ether oxygens (including phenoxy) is 1. The summed E-state index contributed by atoms with van der Waals surface area (Å²) in [5.41, 5.74) is 0. The van der Waals surface area contributed by atoms with Gasteiger partial charge in [0.25, 0.3) is 0 Å². The summed E-state index contributed by atoms with van der Waals surface area (Å²) in [7, 11) is 0. The predicted octanol–water partition coefficient (Wildman–Crippen LogP) is 5.21. The van der Waals surface area contributed by atoms with E-state index < -0.39 is 5.97 Å². The fraction of sp³-hybridized carbons (Fsp3) is 0.889. The molecule has 3 heteroatoms. The molecule has 0 aliphatic heterocycles. The van der Waals surface area contributed by atoms with Crippen LogP contribution in [0.2, 0.25) is 0 Å². The van der Waals surface area contributed by atoms with Gasteiger partial charge in [-0.05, 0) is 12.8 Å². The van der Waals surface area contributed by atoms with E-state index in [4.69, 9.17) is 4.74 Å². The van der Waals surface area contributed by atoms with Crippen molar-refractivity contribution in [2.75, 3.05) is 6.61 Å². The van der Waals surface area contributed by atoms with Gasteiger partial charge in [0.1, 0.15) is 0 Å². The van der Waals surface area contributed by atoms with Crippen LogP contribution < -0.4 is 0 Å². The van der Waals surface area contributed by atoms with Crippen molar-refractivity contribution >= 4 is 11.8 Å². The molecule has 0 atom stereocenters. The van der Waals surface area contributed by atoms with E-state index >= 15 is 0 Å². The summed E-state index contributed by atoms with van der Waals surface area (Å²) in [5.74, 6) is -0.995. The standard InChI is InChI=1S/C18H34O3/c1-3-5-7-8-9-10-11-12-13-14-15-17(19)18(20)21-16-6-4-2/h3-16H2,1-2H3. The van der Waals surface area contributed by atoms with Crippen LogP contribution in [0.4, 0.5) is 0 Å². The fourth-order valence-electron chi connectivity index (χ4n) is 2.26. The molecule has 0 aromatic rings. The Labute approximate surface area is 130 Å². The van der Waals surface area contributed by atoms with Crippen LogP contribution in [0.15, 0.2) is 0 Å². The SMILES string of the molecule is CCCCCCCCCCCCC(=O)C(=O)OCCCC. The second-order valence-corrected chi connectivity index (χ2v) is 5.84. The van der Waals surface area contributed by atoms with Crippen molar-refractivity contribution in [1.29, 1.82) is 0 Å². The van der Waals surface area contributed by atoms with Gasteiger partial charge in [-0.25, -0.2) is 4.79 Å². The summed E-state index contributed by atoms with van der Waals surface area (Å²) < 4.78 is 4.90. The number of ketones is 1. The molecule has 0 aromatic carbocycles. The average Bonchev–Trinajstić information content (AvgIpc) is 2.49. The van der Waals surface area contributed by atoms with Crippen LogP contribution >= 0.6 is 0 Å². The van der Waals surface area contributed by atoms with Gasteiger partial charge < -0.3 is 4.74 Å². The van der Waals surface area contributed by atoms with Gasteiger partial charge in [-0.15, -0.1) is 0 Å². The monoisotopic (exact) mass is 298 g/mol. The molecule has 0 aliphatic rings. The normalized spacial score (nSPS) is 10.6. The Morgan fingerprint density at radius 2 is 1.14 bits per heavy atom. The van der Waals surface area contributed by atoms with Gasteiger partial charge in [0.15, 0.2) is 0 Å². The number of hydrogen-bond donors (Lipinski definition) is 0. The minimum absolute atomic E-state index is 0.349. The third-order valence-electron chi connectivity index (χ3n) is 3.72. The molecule has 0 saturated heterocycles. The zero-order chi connectivity index (χ0) is 15.8. The van der Waals surface area contributed by atoms with Crippen LogP contribution in [0.3, 0.4) is 0 Å². The summed E-state index contributed by atoms with van der Waals surface area (Å²) in [6.45, 7) is 4.64. The number of hydrogen-bond acceptors (Lipinski definition) is 3. The first-order valence-electron chi connectivity index (χ1n) is 8.92. The molecule has 0 fully saturated rings. The van der Waals surface area contributed by atoms with E-state index in [1.165, 1.54) is 51.4 Å². The zero-order valence-corrected chi connectivity index (χ0v) is 14.1. The Kier molecular flexibility index (Phi) is 14.9. The summed E-state index contributed by atoms with van der Waals surface area (Å²) in [5, 5.41) is 0. The quantitative estimate of drug-likeness (QED) is 0.237. The molecule has 0 aliphatic carbocycles. The summed E-state index contributed by atoms with van der Waals surface area (Å²) in [4.78, 5) is 22.8. The molecule has 0 unspecified atom stereocenters. The lowest BCUT2D eigenvalue weighted by molar-refractivity contribution is -0.154. The molecule has 0 heterocycles. The molecule has 3 nitrogen and oxygen atoms in total. The van der Waals surface area contributed by atoms with Gasteiger partial charge >= 0.3 is 5.97 Å². The second-order valence-electron chi connectivity index (χ2n) is 5.84. The van der Waals surface area contributed by atoms with Crippen LogP contribution in [0.1, 0.15) is 97.3 Å². The van der Waals surface area contributed by atoms with E-state index in [-0.39, 0.29) is 5.78 Å². The first-order valence-corrected chi connectivity index (χ1v) is 8.92. The second kappa shape index (κ2) is 15.5. The first-order chi connectivity index (χ1) is 10.2. The van der Waals surface area contributed by atoms with Gasteiger partial charge in [0, 0.05) is 6.42 Å². The molecule has 0 radical (unpaired) electrons. The number of unbranched alkanes of at least 4 members (excludes halogenated alkanes) is 10. The Hall–Kier alpha value is -0.860. The highest BCUT2D eigenvalue weighted by atomic mass is 16.5. The first kappa shape index (κ1) is 20.1. The van der Waals surface area contributed by atoms with E-state index in [1.54, 1.807) is 0 Å². The lowest BCUT2D eigenvalue weighted by atomic mass is 10.1. The van der Waals surface area contributed by atoms with Crippen LogP contribution in [-0.2, 0) is 14.3 Å². The topological polar surface area (TPSA) is 43.4 Å². The summed E-state index contributed by atoms with van der Waals surface area (Å²) in [6.07, 6.45) is 14.5. The Balaban J connectivity index is 3.30. The molecule has 124 valence electrons. The highest BCUT2D eigenvalue weighted by Gasteiger charge is 2.13. The predicted molar refractivity (Wildman–Crippen MR) is 87.3 cm³/mol. The number of Topliss-reactive ketones (excluding diaryl/α,β-unsaturated/α-hetero) is 1. The van der Waals surface area contributed by atoms with Crippen molar-refractivity contribution in [2.24, 2.45) is 0 Å². The molecular weight excluding hydrogens is 264 g/mol. The minimum atomic E-state index is -0.639. The van der Waals surface area contributed by atoms with Gasteiger partial charge in [-0.3, -0.25) is 4.79 Å². The molecule has 0 saturated carbocycles. The van der Waals surface area contributed by atoms with E-state index in [0.717, 1.165) is 25.7 Å². The van der Waals surface area contributed by atoms with E-state index in [2.05, 4.69) is 6.92 Å². The van der Waals surface area contributed by atoms with Crippen LogP contribution in [0.5, 0.6) is 0 Å². The Bertz CT molecular complexity index is 261. The minimum Gasteiger partial charge on any atom is -0.460 e. The van der Waals surface area contributed by atoms with Crippen molar-refractivity contribution in [2.45, 2.75) is 97.3 Å². The van der Waals surface area contributed by atoms with E-state index in [0.29, 0.717) is 13.0 Å². The molecule has 0 N–H and O–H groups in total. The number of esters is 1. The van der Waals surface area contributed by atoms with Crippen LogP contribution in [0.25, 0.3) is 0 Å². The maximum atomic E-state index is 11.5. The number of rotatable bonds is 15. The van der Waals surface area contributed by atoms with Gasteiger partial charge in [0.05, 0.1) is 6.61 Å². The molecule has 0 bridgehead atoms. The maximum Gasteiger partial charge on any atom is 0.374 e. The Morgan fingerprint density at radius 3 is 1.67 bits per heavy atom. The number of carbonyl (C=O) groups is 2. The van der Waals surface area contributed by atoms with Crippen molar-refractivity contribution < 1.29 is 14.3 Å². The highest BCUT2D eigenvalue weighted by Crippen LogP contribution is 2.11. The Morgan fingerprint density at radius 1 is 0.667 bits per heavy atom. The smallest absolute Gasteiger partial charge is 0.374 e. The third-order valence-corrected chi connectivity index (χ3v) is 3.72. The molecule has 0 rings (SSSR count). The fourth-order valence-corrected chi connectivity index (χ4v) is 2.26. The number of carbonyl (C=O) groups excluding carboxylic acids is 2. The average molecular weight is 298 g/mol. The largest absolute Gasteiger partial charge is 0.460 e. The van der Waals surface area contributed by atoms with Gasteiger partial charge in [-0.2, -0.15) is 0 Å². The molecular formula is C18H34O3. The van der Waals surface area contributed by atoms with E-state index in [9.17, 15) is 9.59 Å². The highest BCUT2D eigenvalue weighted by molar-refractivity contribution is 6.33. The lowest BCUT2D eigenvalue weighted by Gasteiger charge is -2.03. The third kappa shape index (κ3) is 13.9. The molecule has 0 spiro atoms. The van der Waals surface area contributed by atoms with Crippen LogP contribution in [0, 0.1) is 0 Å². The molecule has 0 amide bonds. The van der Waals surface area contributed by atoms with E-state index in [1.807, 2.05) is 6.92 Å². The molecule has 0 aromatic heterocycles. The van der Waals surface area contributed by atoms with Crippen LogP contribution in [-0.4, -0.2) is 18.4 Å². The van der Waals surface area contributed by atoms with Gasteiger partial charge in [-0.1, -0.05) is 78.1 Å². The summed E-state index contributed by atoms with van der Waals surface area (Å²) in [6, 6.07) is 0. The zero-order valence-electron chi connectivity index (χ0n) is 14.1. The molecule has 21 heavy (non-hydrogen) atoms. The van der Waals surface area contributed by atoms with Crippen molar-refractivity contribution in [3.8, 4) is 0 Å². The lowest BCUT2D eigenvalue weighted by Crippen LogP contribution is -2.17. The van der Waals surface area contributed by atoms with Crippen molar-refractivity contribution in [3.63, 3.8) is 0 Å². The maximum absolute atomic E-state index is 11.5. The summed E-state index contributed by atoms with van der Waals surface area (Å²) >= 11 is 0. The van der Waals surface area contributed by atoms with Crippen molar-refractivity contribution in [1.82, 2.24) is 0 Å².